The second-order valence-electron chi connectivity index (χ2n) is 6.85. The van der Waals surface area contributed by atoms with Gasteiger partial charge in [0.1, 0.15) is 11.5 Å². The maximum absolute atomic E-state index is 12.3. The lowest BCUT2D eigenvalue weighted by atomic mass is 10.1. The van der Waals surface area contributed by atoms with Crippen LogP contribution < -0.4 is 0 Å². The largest absolute Gasteiger partial charge is 0.444 e. The number of hydrogen-bond donors (Lipinski definition) is 0. The predicted molar refractivity (Wildman–Crippen MR) is 83.5 cm³/mol. The number of halogens is 1. The van der Waals surface area contributed by atoms with Crippen molar-refractivity contribution in [1.29, 1.82) is 0 Å². The molecular weight excluding hydrogens is 292 g/mol. The second kappa shape index (κ2) is 7.34. The van der Waals surface area contributed by atoms with Crippen LogP contribution in [-0.4, -0.2) is 59.0 Å². The lowest BCUT2D eigenvalue weighted by Crippen LogP contribution is -2.44. The molecule has 0 aliphatic carbocycles. The highest BCUT2D eigenvalue weighted by Crippen LogP contribution is 2.20. The number of amides is 2. The van der Waals surface area contributed by atoms with Gasteiger partial charge in [-0.15, -0.1) is 11.6 Å². The summed E-state index contributed by atoms with van der Waals surface area (Å²) in [7, 11) is 0. The molecule has 6 heteroatoms. The highest BCUT2D eigenvalue weighted by Gasteiger charge is 2.31. The van der Waals surface area contributed by atoms with E-state index in [-0.39, 0.29) is 29.8 Å². The predicted octanol–water partition coefficient (Wildman–Crippen LogP) is 2.72. The van der Waals surface area contributed by atoms with Gasteiger partial charge in [-0.3, -0.25) is 4.79 Å². The third kappa shape index (κ3) is 5.73. The SMILES string of the molecule is CC(C)N(CC1CCN(C(=O)CCl)C1)C(=O)OC(C)(C)C. The fourth-order valence-electron chi connectivity index (χ4n) is 2.39. The first-order valence-electron chi connectivity index (χ1n) is 7.47. The number of ether oxygens (including phenoxy) is 1. The summed E-state index contributed by atoms with van der Waals surface area (Å²) in [5.41, 5.74) is -0.499. The van der Waals surface area contributed by atoms with Gasteiger partial charge in [0, 0.05) is 25.7 Å². The van der Waals surface area contributed by atoms with Crippen molar-refractivity contribution in [2.75, 3.05) is 25.5 Å². The topological polar surface area (TPSA) is 49.9 Å². The molecule has 1 aliphatic rings. The normalized spacial score (nSPS) is 19.0. The summed E-state index contributed by atoms with van der Waals surface area (Å²) in [6, 6.07) is 0.0672. The van der Waals surface area contributed by atoms with Crippen LogP contribution in [0.3, 0.4) is 0 Å². The third-order valence-corrected chi connectivity index (χ3v) is 3.69. The number of alkyl halides is 1. The lowest BCUT2D eigenvalue weighted by molar-refractivity contribution is -0.127. The quantitative estimate of drug-likeness (QED) is 0.749. The van der Waals surface area contributed by atoms with E-state index in [0.29, 0.717) is 13.1 Å². The molecule has 0 spiro atoms. The Morgan fingerprint density at radius 2 is 2.00 bits per heavy atom. The Kier molecular flexibility index (Phi) is 6.32. The van der Waals surface area contributed by atoms with Crippen molar-refractivity contribution < 1.29 is 14.3 Å². The van der Waals surface area contributed by atoms with Gasteiger partial charge in [0.15, 0.2) is 0 Å². The van der Waals surface area contributed by atoms with Crippen molar-refractivity contribution in [3.8, 4) is 0 Å². The summed E-state index contributed by atoms with van der Waals surface area (Å²) < 4.78 is 5.45. The molecule has 0 saturated carbocycles. The zero-order chi connectivity index (χ0) is 16.2. The Bertz CT molecular complexity index is 380. The van der Waals surface area contributed by atoms with E-state index in [0.717, 1.165) is 13.0 Å². The summed E-state index contributed by atoms with van der Waals surface area (Å²) in [5.74, 6) is 0.270. The third-order valence-electron chi connectivity index (χ3n) is 3.46. The van der Waals surface area contributed by atoms with Gasteiger partial charge in [-0.2, -0.15) is 0 Å². The number of carbonyl (C=O) groups excluding carboxylic acids is 2. The first kappa shape index (κ1) is 18.1. The van der Waals surface area contributed by atoms with Gasteiger partial charge in [0.25, 0.3) is 0 Å². The Hall–Kier alpha value is -0.970. The average Bonchev–Trinajstić information content (AvgIpc) is 2.80. The zero-order valence-corrected chi connectivity index (χ0v) is 14.4. The lowest BCUT2D eigenvalue weighted by Gasteiger charge is -2.31. The molecular formula is C15H27ClN2O3. The van der Waals surface area contributed by atoms with Crippen LogP contribution in [0.1, 0.15) is 41.0 Å². The molecule has 1 aliphatic heterocycles. The van der Waals surface area contributed by atoms with Crippen LogP contribution in [0, 0.1) is 5.92 Å². The molecule has 0 radical (unpaired) electrons. The number of carbonyl (C=O) groups is 2. The van der Waals surface area contributed by atoms with Crippen molar-refractivity contribution >= 4 is 23.6 Å². The minimum Gasteiger partial charge on any atom is -0.444 e. The van der Waals surface area contributed by atoms with Gasteiger partial charge < -0.3 is 14.5 Å². The number of rotatable bonds is 4. The van der Waals surface area contributed by atoms with E-state index < -0.39 is 5.60 Å². The molecule has 0 aromatic carbocycles. The van der Waals surface area contributed by atoms with E-state index in [1.165, 1.54) is 0 Å². The van der Waals surface area contributed by atoms with Gasteiger partial charge in [-0.1, -0.05) is 0 Å². The van der Waals surface area contributed by atoms with Crippen molar-refractivity contribution in [2.24, 2.45) is 5.92 Å². The Labute approximate surface area is 132 Å². The molecule has 2 amide bonds. The summed E-state index contributed by atoms with van der Waals surface area (Å²) in [5, 5.41) is 0. The molecule has 0 aromatic rings. The maximum Gasteiger partial charge on any atom is 0.410 e. The highest BCUT2D eigenvalue weighted by molar-refractivity contribution is 6.27. The fraction of sp³-hybridized carbons (Fsp3) is 0.867. The number of likely N-dealkylation sites (tertiary alicyclic amines) is 1. The minimum atomic E-state index is -0.499. The van der Waals surface area contributed by atoms with Crippen molar-refractivity contribution in [3.63, 3.8) is 0 Å². The summed E-state index contributed by atoms with van der Waals surface area (Å²) in [6.07, 6.45) is 0.605. The van der Waals surface area contributed by atoms with Crippen molar-refractivity contribution in [2.45, 2.75) is 52.7 Å². The molecule has 1 saturated heterocycles. The van der Waals surface area contributed by atoms with Crippen LogP contribution in [0.5, 0.6) is 0 Å². The van der Waals surface area contributed by atoms with E-state index >= 15 is 0 Å². The van der Waals surface area contributed by atoms with Crippen LogP contribution in [0.2, 0.25) is 0 Å². The first-order valence-corrected chi connectivity index (χ1v) is 8.01. The van der Waals surface area contributed by atoms with Crippen LogP contribution in [-0.2, 0) is 9.53 Å². The molecule has 122 valence electrons. The molecule has 0 aromatic heterocycles. The van der Waals surface area contributed by atoms with E-state index in [2.05, 4.69) is 0 Å². The average molecular weight is 319 g/mol. The molecule has 0 N–H and O–H groups in total. The van der Waals surface area contributed by atoms with Gasteiger partial charge in [-0.05, 0) is 47.0 Å². The van der Waals surface area contributed by atoms with E-state index in [1.807, 2.05) is 34.6 Å². The van der Waals surface area contributed by atoms with Gasteiger partial charge >= 0.3 is 6.09 Å². The minimum absolute atomic E-state index is 0.0205. The van der Waals surface area contributed by atoms with Crippen LogP contribution in [0.4, 0.5) is 4.79 Å². The molecule has 5 nitrogen and oxygen atoms in total. The van der Waals surface area contributed by atoms with E-state index in [4.69, 9.17) is 16.3 Å². The number of hydrogen-bond acceptors (Lipinski definition) is 3. The van der Waals surface area contributed by atoms with Crippen LogP contribution in [0.15, 0.2) is 0 Å². The molecule has 1 unspecified atom stereocenters. The van der Waals surface area contributed by atoms with E-state index in [1.54, 1.807) is 9.80 Å². The first-order chi connectivity index (χ1) is 9.64. The smallest absolute Gasteiger partial charge is 0.410 e. The Balaban J connectivity index is 2.60. The Morgan fingerprint density at radius 3 is 2.48 bits per heavy atom. The molecule has 21 heavy (non-hydrogen) atoms. The Morgan fingerprint density at radius 1 is 1.38 bits per heavy atom. The van der Waals surface area contributed by atoms with E-state index in [9.17, 15) is 9.59 Å². The highest BCUT2D eigenvalue weighted by atomic mass is 35.5. The zero-order valence-electron chi connectivity index (χ0n) is 13.7. The summed E-state index contributed by atoms with van der Waals surface area (Å²) in [4.78, 5) is 27.4. The molecule has 1 fully saturated rings. The fourth-order valence-corrected chi connectivity index (χ4v) is 2.56. The van der Waals surface area contributed by atoms with Crippen LogP contribution in [0.25, 0.3) is 0 Å². The number of nitrogens with zero attached hydrogens (tertiary/aromatic N) is 2. The summed E-state index contributed by atoms with van der Waals surface area (Å²) in [6.45, 7) is 11.5. The van der Waals surface area contributed by atoms with Gasteiger partial charge in [0.05, 0.1) is 0 Å². The monoisotopic (exact) mass is 318 g/mol. The molecule has 0 bridgehead atoms. The van der Waals surface area contributed by atoms with Crippen LogP contribution >= 0.6 is 11.6 Å². The maximum atomic E-state index is 12.3. The standard InChI is InChI=1S/C15H27ClN2O3/c1-11(2)18(14(20)21-15(3,4)5)10-12-6-7-17(9-12)13(19)8-16/h11-12H,6-10H2,1-5H3. The van der Waals surface area contributed by atoms with Gasteiger partial charge in [-0.25, -0.2) is 4.79 Å². The van der Waals surface area contributed by atoms with Gasteiger partial charge in [0.2, 0.25) is 5.91 Å². The molecule has 1 atom stereocenters. The molecule has 1 heterocycles. The van der Waals surface area contributed by atoms with Crippen molar-refractivity contribution in [1.82, 2.24) is 9.80 Å². The van der Waals surface area contributed by atoms with Crippen molar-refractivity contribution in [3.05, 3.63) is 0 Å². The second-order valence-corrected chi connectivity index (χ2v) is 7.12. The summed E-state index contributed by atoms with van der Waals surface area (Å²) >= 11 is 5.58. The molecule has 1 rings (SSSR count).